The molecule has 0 radical (unpaired) electrons. The summed E-state index contributed by atoms with van der Waals surface area (Å²) in [5.41, 5.74) is -2.32. The lowest BCUT2D eigenvalue weighted by atomic mass is 9.94. The van der Waals surface area contributed by atoms with Crippen LogP contribution in [0, 0.1) is 11.3 Å². The first-order valence-electron chi connectivity index (χ1n) is 6.37. The second-order valence-corrected chi connectivity index (χ2v) is 5.27. The first-order valence-corrected chi connectivity index (χ1v) is 7.12. The van der Waals surface area contributed by atoms with Crippen LogP contribution in [-0.2, 0) is 15.1 Å². The third-order valence-electron chi connectivity index (χ3n) is 3.04. The van der Waals surface area contributed by atoms with Crippen LogP contribution in [0.25, 0.3) is 0 Å². The molecule has 0 bridgehead atoms. The summed E-state index contributed by atoms with van der Waals surface area (Å²) in [4.78, 5) is 12.3. The van der Waals surface area contributed by atoms with E-state index in [0.717, 1.165) is 13.2 Å². The van der Waals surface area contributed by atoms with Crippen LogP contribution in [0.15, 0.2) is 42.5 Å². The number of carbonyl (C=O) groups excluding carboxylic acids is 1. The van der Waals surface area contributed by atoms with E-state index >= 15 is 0 Å². The molecule has 0 saturated heterocycles. The number of para-hydroxylation sites is 1. The molecular weight excluding hydrogens is 341 g/mol. The number of esters is 1. The van der Waals surface area contributed by atoms with Crippen molar-refractivity contribution in [2.75, 3.05) is 7.11 Å². The molecule has 1 atom stereocenters. The number of methoxy groups -OCH3 is 1. The number of ether oxygens (including phenoxy) is 2. The monoisotopic (exact) mass is 351 g/mol. The molecule has 0 heterocycles. The van der Waals surface area contributed by atoms with Crippen molar-refractivity contribution < 1.29 is 19.4 Å². The highest BCUT2D eigenvalue weighted by atomic mass is 35.5. The fourth-order valence-corrected chi connectivity index (χ4v) is 2.43. The van der Waals surface area contributed by atoms with Gasteiger partial charge in [-0.2, -0.15) is 5.26 Å². The summed E-state index contributed by atoms with van der Waals surface area (Å²) >= 11 is 12.0. The van der Waals surface area contributed by atoms with Gasteiger partial charge in [0, 0.05) is 11.6 Å². The SMILES string of the molecule is COC(=O)C(C#N)(Oc1ccccc1)c1cc(O)cc(Cl)c1Cl. The van der Waals surface area contributed by atoms with E-state index in [9.17, 15) is 15.2 Å². The van der Waals surface area contributed by atoms with Crippen LogP contribution in [0.4, 0.5) is 0 Å². The Morgan fingerprint density at radius 3 is 2.48 bits per heavy atom. The van der Waals surface area contributed by atoms with E-state index in [-0.39, 0.29) is 27.1 Å². The minimum absolute atomic E-state index is 0.0261. The van der Waals surface area contributed by atoms with Crippen molar-refractivity contribution in [2.24, 2.45) is 0 Å². The molecule has 23 heavy (non-hydrogen) atoms. The van der Waals surface area contributed by atoms with Gasteiger partial charge in [0.05, 0.1) is 17.2 Å². The summed E-state index contributed by atoms with van der Waals surface area (Å²) < 4.78 is 10.3. The Hall–Kier alpha value is -2.42. The number of aromatic hydroxyl groups is 1. The molecule has 7 heteroatoms. The quantitative estimate of drug-likeness (QED) is 0.850. The zero-order valence-corrected chi connectivity index (χ0v) is 13.4. The van der Waals surface area contributed by atoms with Crippen molar-refractivity contribution in [1.82, 2.24) is 0 Å². The Balaban J connectivity index is 2.68. The third-order valence-corrected chi connectivity index (χ3v) is 3.84. The van der Waals surface area contributed by atoms with Crippen LogP contribution in [0.5, 0.6) is 11.5 Å². The first-order chi connectivity index (χ1) is 10.9. The van der Waals surface area contributed by atoms with Crippen molar-refractivity contribution in [1.29, 1.82) is 5.26 Å². The molecular formula is C16H11Cl2NO4. The van der Waals surface area contributed by atoms with E-state index in [4.69, 9.17) is 32.7 Å². The highest BCUT2D eigenvalue weighted by molar-refractivity contribution is 6.42. The molecule has 2 aromatic rings. The Bertz CT molecular complexity index is 774. The highest BCUT2D eigenvalue weighted by Gasteiger charge is 2.47. The van der Waals surface area contributed by atoms with Gasteiger partial charge in [0.1, 0.15) is 17.6 Å². The van der Waals surface area contributed by atoms with Gasteiger partial charge < -0.3 is 14.6 Å². The Kier molecular flexibility index (Phi) is 4.99. The molecule has 1 unspecified atom stereocenters. The number of carbonyl (C=O) groups is 1. The van der Waals surface area contributed by atoms with Crippen LogP contribution >= 0.6 is 23.2 Å². The van der Waals surface area contributed by atoms with Gasteiger partial charge in [0.25, 0.3) is 0 Å². The first kappa shape index (κ1) is 16.9. The molecule has 0 aliphatic heterocycles. The number of phenolic OH excluding ortho intramolecular Hbond substituents is 1. The zero-order chi connectivity index (χ0) is 17.0. The van der Waals surface area contributed by atoms with Gasteiger partial charge in [-0.15, -0.1) is 0 Å². The maximum Gasteiger partial charge on any atom is 0.370 e. The average molecular weight is 352 g/mol. The summed E-state index contributed by atoms with van der Waals surface area (Å²) in [6, 6.07) is 12.3. The minimum Gasteiger partial charge on any atom is -0.508 e. The molecule has 2 aromatic carbocycles. The summed E-state index contributed by atoms with van der Waals surface area (Å²) in [6.45, 7) is 0. The zero-order valence-electron chi connectivity index (χ0n) is 11.9. The second-order valence-electron chi connectivity index (χ2n) is 4.49. The fraction of sp³-hybridized carbons (Fsp3) is 0.125. The fourth-order valence-electron chi connectivity index (χ4n) is 1.98. The van der Waals surface area contributed by atoms with Crippen LogP contribution in [0.3, 0.4) is 0 Å². The van der Waals surface area contributed by atoms with E-state index in [1.165, 1.54) is 6.07 Å². The molecule has 0 amide bonds. The standard InChI is InChI=1S/C16H11Cl2NO4/c1-22-15(21)16(9-19,23-11-5-3-2-4-6-11)12-7-10(20)8-13(17)14(12)18/h2-8,20H,1H3. The van der Waals surface area contributed by atoms with E-state index in [0.29, 0.717) is 0 Å². The maximum absolute atomic E-state index is 12.3. The van der Waals surface area contributed by atoms with Gasteiger partial charge in [-0.1, -0.05) is 41.4 Å². The molecule has 0 aliphatic rings. The van der Waals surface area contributed by atoms with Gasteiger partial charge in [0.2, 0.25) is 0 Å². The average Bonchev–Trinajstić information content (AvgIpc) is 2.56. The van der Waals surface area contributed by atoms with Crippen LogP contribution < -0.4 is 4.74 Å². The highest BCUT2D eigenvalue weighted by Crippen LogP contribution is 2.39. The Morgan fingerprint density at radius 1 is 1.26 bits per heavy atom. The number of nitriles is 1. The predicted molar refractivity (Wildman–Crippen MR) is 84.5 cm³/mol. The third kappa shape index (κ3) is 3.19. The molecule has 2 rings (SSSR count). The number of hydrogen-bond acceptors (Lipinski definition) is 5. The molecule has 0 aromatic heterocycles. The Labute approximate surface area is 142 Å². The number of benzene rings is 2. The number of hydrogen-bond donors (Lipinski definition) is 1. The summed E-state index contributed by atoms with van der Waals surface area (Å²) in [5.74, 6) is -1.02. The molecule has 0 aliphatic carbocycles. The van der Waals surface area contributed by atoms with E-state index in [1.807, 2.05) is 0 Å². The summed E-state index contributed by atoms with van der Waals surface area (Å²) in [7, 11) is 1.11. The Morgan fingerprint density at radius 2 is 1.91 bits per heavy atom. The second kappa shape index (κ2) is 6.78. The van der Waals surface area contributed by atoms with Gasteiger partial charge >= 0.3 is 11.6 Å². The number of phenols is 1. The number of rotatable bonds is 4. The summed E-state index contributed by atoms with van der Waals surface area (Å²) in [5, 5.41) is 19.3. The molecule has 5 nitrogen and oxygen atoms in total. The van der Waals surface area contributed by atoms with E-state index in [2.05, 4.69) is 0 Å². The van der Waals surface area contributed by atoms with Gasteiger partial charge in [-0.25, -0.2) is 4.79 Å². The van der Waals surface area contributed by atoms with Crippen LogP contribution in [-0.4, -0.2) is 18.2 Å². The lowest BCUT2D eigenvalue weighted by molar-refractivity contribution is -0.155. The topological polar surface area (TPSA) is 79.6 Å². The van der Waals surface area contributed by atoms with Crippen LogP contribution in [0.2, 0.25) is 10.0 Å². The molecule has 118 valence electrons. The molecule has 1 N–H and O–H groups in total. The molecule has 0 saturated carbocycles. The van der Waals surface area contributed by atoms with Crippen molar-refractivity contribution in [2.45, 2.75) is 5.60 Å². The van der Waals surface area contributed by atoms with E-state index < -0.39 is 11.6 Å². The lowest BCUT2D eigenvalue weighted by Gasteiger charge is -2.26. The number of nitrogens with zero attached hydrogens (tertiary/aromatic N) is 1. The van der Waals surface area contributed by atoms with Crippen molar-refractivity contribution in [3.63, 3.8) is 0 Å². The lowest BCUT2D eigenvalue weighted by Crippen LogP contribution is -2.41. The maximum atomic E-state index is 12.3. The largest absolute Gasteiger partial charge is 0.508 e. The normalized spacial score (nSPS) is 12.8. The van der Waals surface area contributed by atoms with E-state index in [1.54, 1.807) is 36.4 Å². The predicted octanol–water partition coefficient (Wildman–Crippen LogP) is 3.67. The number of halogens is 2. The van der Waals surface area contributed by atoms with Crippen molar-refractivity contribution in [3.8, 4) is 17.6 Å². The molecule has 0 fully saturated rings. The minimum atomic E-state index is -2.21. The van der Waals surface area contributed by atoms with Gasteiger partial charge in [-0.05, 0) is 18.2 Å². The smallest absolute Gasteiger partial charge is 0.370 e. The van der Waals surface area contributed by atoms with Crippen molar-refractivity contribution in [3.05, 3.63) is 58.1 Å². The molecule has 0 spiro atoms. The van der Waals surface area contributed by atoms with Gasteiger partial charge in [-0.3, -0.25) is 0 Å². The summed E-state index contributed by atoms with van der Waals surface area (Å²) in [6.07, 6.45) is 0. The van der Waals surface area contributed by atoms with Crippen molar-refractivity contribution >= 4 is 29.2 Å². The van der Waals surface area contributed by atoms with Gasteiger partial charge in [0.15, 0.2) is 0 Å². The van der Waals surface area contributed by atoms with Crippen LogP contribution in [0.1, 0.15) is 5.56 Å².